The molecule has 2 aromatic carbocycles. The minimum absolute atomic E-state index is 0.143. The number of hydrogen-bond acceptors (Lipinski definition) is 3. The van der Waals surface area contributed by atoms with Crippen LogP contribution in [0.1, 0.15) is 46.1 Å². The molecule has 0 aliphatic heterocycles. The van der Waals surface area contributed by atoms with E-state index in [1.54, 1.807) is 12.1 Å². The number of nitrogens with one attached hydrogen (secondary N) is 1. The summed E-state index contributed by atoms with van der Waals surface area (Å²) >= 11 is 0. The Bertz CT molecular complexity index is 1210. The molecular weight excluding hydrogens is 386 g/mol. The summed E-state index contributed by atoms with van der Waals surface area (Å²) in [6, 6.07) is 21.4. The van der Waals surface area contributed by atoms with Crippen LogP contribution in [-0.2, 0) is 6.42 Å². The molecule has 5 rings (SSSR count). The van der Waals surface area contributed by atoms with Crippen molar-refractivity contribution < 1.29 is 9.53 Å². The first-order valence-electron chi connectivity index (χ1n) is 10.7. The van der Waals surface area contributed by atoms with Crippen molar-refractivity contribution in [2.24, 2.45) is 0 Å². The predicted octanol–water partition coefficient (Wildman–Crippen LogP) is 5.39. The van der Waals surface area contributed by atoms with Crippen molar-refractivity contribution in [2.45, 2.75) is 32.1 Å². The average molecular weight is 412 g/mol. The fourth-order valence-corrected chi connectivity index (χ4v) is 3.83. The van der Waals surface area contributed by atoms with Gasteiger partial charge in [0.2, 0.25) is 0 Å². The summed E-state index contributed by atoms with van der Waals surface area (Å²) in [4.78, 5) is 17.4. The molecule has 31 heavy (non-hydrogen) atoms. The number of fused-ring (bicyclic) bond motifs is 1. The van der Waals surface area contributed by atoms with E-state index in [4.69, 9.17) is 9.72 Å². The quantitative estimate of drug-likeness (QED) is 0.443. The van der Waals surface area contributed by atoms with Gasteiger partial charge in [-0.05, 0) is 61.7 Å². The van der Waals surface area contributed by atoms with Crippen molar-refractivity contribution in [1.82, 2.24) is 9.38 Å². The third-order valence-electron chi connectivity index (χ3n) is 5.73. The van der Waals surface area contributed by atoms with E-state index in [0.29, 0.717) is 18.1 Å². The monoisotopic (exact) mass is 411 g/mol. The SMILES string of the molecule is Cc1c(C2CC2)nc2ccc(NC(=O)c3ccc(OCCc4ccccc4)cc3)cn12. The fourth-order valence-electron chi connectivity index (χ4n) is 3.83. The zero-order chi connectivity index (χ0) is 21.2. The zero-order valence-electron chi connectivity index (χ0n) is 17.5. The summed E-state index contributed by atoms with van der Waals surface area (Å²) < 4.78 is 7.87. The van der Waals surface area contributed by atoms with Gasteiger partial charge in [-0.1, -0.05) is 30.3 Å². The van der Waals surface area contributed by atoms with Gasteiger partial charge in [0.05, 0.1) is 18.0 Å². The van der Waals surface area contributed by atoms with Crippen molar-refractivity contribution in [1.29, 1.82) is 0 Å². The normalized spacial score (nSPS) is 13.3. The first kappa shape index (κ1) is 19.4. The standard InChI is InChI=1S/C26H25N3O2/c1-18-25(20-7-8-20)28-24-14-11-22(17-29(18)24)27-26(30)21-9-12-23(13-10-21)31-16-15-19-5-3-2-4-6-19/h2-6,9-14,17,20H,7-8,15-16H2,1H3,(H,27,30). The van der Waals surface area contributed by atoms with Gasteiger partial charge >= 0.3 is 0 Å². The highest BCUT2D eigenvalue weighted by Gasteiger charge is 2.28. The number of aromatic nitrogens is 2. The highest BCUT2D eigenvalue weighted by atomic mass is 16.5. The van der Waals surface area contributed by atoms with E-state index in [0.717, 1.165) is 29.2 Å². The highest BCUT2D eigenvalue weighted by molar-refractivity contribution is 6.04. The molecule has 4 aromatic rings. The Hall–Kier alpha value is -3.60. The molecular formula is C26H25N3O2. The van der Waals surface area contributed by atoms with Gasteiger partial charge in [0.25, 0.3) is 5.91 Å². The molecule has 1 aliphatic carbocycles. The van der Waals surface area contributed by atoms with Gasteiger partial charge in [-0.3, -0.25) is 4.79 Å². The Morgan fingerprint density at radius 1 is 1.06 bits per heavy atom. The molecule has 1 saturated carbocycles. The molecule has 0 spiro atoms. The van der Waals surface area contributed by atoms with E-state index in [9.17, 15) is 4.79 Å². The number of rotatable bonds is 7. The lowest BCUT2D eigenvalue weighted by atomic mass is 10.2. The number of benzene rings is 2. The van der Waals surface area contributed by atoms with Gasteiger partial charge < -0.3 is 14.5 Å². The number of nitrogens with zero attached hydrogens (tertiary/aromatic N) is 2. The maximum absolute atomic E-state index is 12.7. The van der Waals surface area contributed by atoms with Crippen LogP contribution in [0.25, 0.3) is 5.65 Å². The summed E-state index contributed by atoms with van der Waals surface area (Å²) in [6.07, 6.45) is 5.24. The van der Waals surface area contributed by atoms with Gasteiger partial charge in [0.1, 0.15) is 11.4 Å². The summed E-state index contributed by atoms with van der Waals surface area (Å²) in [5.41, 5.74) is 5.86. The summed E-state index contributed by atoms with van der Waals surface area (Å²) in [5.74, 6) is 1.22. The summed E-state index contributed by atoms with van der Waals surface area (Å²) in [6.45, 7) is 2.69. The molecule has 0 unspecified atom stereocenters. The van der Waals surface area contributed by atoms with Crippen molar-refractivity contribution in [2.75, 3.05) is 11.9 Å². The second-order valence-electron chi connectivity index (χ2n) is 8.07. The van der Waals surface area contributed by atoms with Crippen molar-refractivity contribution in [3.8, 4) is 5.75 Å². The molecule has 5 nitrogen and oxygen atoms in total. The van der Waals surface area contributed by atoms with E-state index < -0.39 is 0 Å². The van der Waals surface area contributed by atoms with Crippen LogP contribution in [0.15, 0.2) is 72.9 Å². The van der Waals surface area contributed by atoms with Crippen molar-refractivity contribution in [3.63, 3.8) is 0 Å². The Morgan fingerprint density at radius 3 is 2.58 bits per heavy atom. The largest absolute Gasteiger partial charge is 0.493 e. The van der Waals surface area contributed by atoms with E-state index >= 15 is 0 Å². The van der Waals surface area contributed by atoms with Gasteiger partial charge in [-0.15, -0.1) is 0 Å². The third kappa shape index (κ3) is 4.31. The van der Waals surface area contributed by atoms with Crippen LogP contribution in [0.3, 0.4) is 0 Å². The number of anilines is 1. The lowest BCUT2D eigenvalue weighted by Gasteiger charge is -2.09. The first-order chi connectivity index (χ1) is 15.2. The smallest absolute Gasteiger partial charge is 0.255 e. The zero-order valence-corrected chi connectivity index (χ0v) is 17.5. The fraction of sp³-hybridized carbons (Fsp3) is 0.231. The molecule has 0 saturated heterocycles. The van der Waals surface area contributed by atoms with Crippen LogP contribution >= 0.6 is 0 Å². The topological polar surface area (TPSA) is 55.6 Å². The number of ether oxygens (including phenoxy) is 1. The molecule has 1 amide bonds. The number of pyridine rings is 1. The molecule has 2 heterocycles. The van der Waals surface area contributed by atoms with E-state index in [-0.39, 0.29) is 5.91 Å². The summed E-state index contributed by atoms with van der Waals surface area (Å²) in [5, 5.41) is 2.99. The predicted molar refractivity (Wildman–Crippen MR) is 122 cm³/mol. The Labute approximate surface area is 181 Å². The Kier molecular flexibility index (Phi) is 5.16. The van der Waals surface area contributed by atoms with Crippen LogP contribution in [0.4, 0.5) is 5.69 Å². The average Bonchev–Trinajstić information content (AvgIpc) is 3.59. The molecule has 0 radical (unpaired) electrons. The minimum atomic E-state index is -0.143. The second-order valence-corrected chi connectivity index (χ2v) is 8.07. The highest BCUT2D eigenvalue weighted by Crippen LogP contribution is 2.41. The molecule has 156 valence electrons. The molecule has 1 N–H and O–H groups in total. The molecule has 2 aromatic heterocycles. The number of carbonyl (C=O) groups is 1. The number of amides is 1. The molecule has 1 fully saturated rings. The van der Waals surface area contributed by atoms with Gasteiger partial charge in [-0.25, -0.2) is 4.98 Å². The van der Waals surface area contributed by atoms with Crippen LogP contribution in [0, 0.1) is 6.92 Å². The van der Waals surface area contributed by atoms with Crippen LogP contribution in [0.2, 0.25) is 0 Å². The second kappa shape index (κ2) is 8.26. The van der Waals surface area contributed by atoms with Crippen LogP contribution in [-0.4, -0.2) is 21.9 Å². The van der Waals surface area contributed by atoms with Gasteiger partial charge in [-0.2, -0.15) is 0 Å². The van der Waals surface area contributed by atoms with Crippen molar-refractivity contribution in [3.05, 3.63) is 95.4 Å². The van der Waals surface area contributed by atoms with Crippen molar-refractivity contribution >= 4 is 17.2 Å². The third-order valence-corrected chi connectivity index (χ3v) is 5.73. The Morgan fingerprint density at radius 2 is 1.84 bits per heavy atom. The maximum Gasteiger partial charge on any atom is 0.255 e. The van der Waals surface area contributed by atoms with E-state index in [2.05, 4.69) is 28.8 Å². The summed E-state index contributed by atoms with van der Waals surface area (Å²) in [7, 11) is 0. The first-order valence-corrected chi connectivity index (χ1v) is 10.7. The van der Waals surface area contributed by atoms with Gasteiger partial charge in [0, 0.05) is 29.8 Å². The number of hydrogen-bond donors (Lipinski definition) is 1. The van der Waals surface area contributed by atoms with Gasteiger partial charge in [0.15, 0.2) is 0 Å². The van der Waals surface area contributed by atoms with E-state index in [1.165, 1.54) is 24.1 Å². The Balaban J connectivity index is 1.21. The maximum atomic E-state index is 12.7. The van der Waals surface area contributed by atoms with Crippen LogP contribution < -0.4 is 10.1 Å². The van der Waals surface area contributed by atoms with E-state index in [1.807, 2.05) is 48.7 Å². The number of aryl methyl sites for hydroxylation is 1. The minimum Gasteiger partial charge on any atom is -0.493 e. The van der Waals surface area contributed by atoms with Crippen LogP contribution in [0.5, 0.6) is 5.75 Å². The number of carbonyl (C=O) groups excluding carboxylic acids is 1. The lowest BCUT2D eigenvalue weighted by Crippen LogP contribution is -2.12. The lowest BCUT2D eigenvalue weighted by molar-refractivity contribution is 0.102. The number of imidazole rings is 1. The molecule has 0 atom stereocenters. The molecule has 0 bridgehead atoms. The molecule has 1 aliphatic rings. The molecule has 5 heteroatoms.